The summed E-state index contributed by atoms with van der Waals surface area (Å²) in [6.45, 7) is 5.62. The molecule has 5 unspecified atom stereocenters. The number of nitrogens with two attached hydrogens (primary N) is 3. The first-order valence-corrected chi connectivity index (χ1v) is 11.4. The summed E-state index contributed by atoms with van der Waals surface area (Å²) in [6.07, 6.45) is 1.47. The van der Waals surface area contributed by atoms with Gasteiger partial charge in [-0.15, -0.1) is 0 Å². The van der Waals surface area contributed by atoms with E-state index in [9.17, 15) is 29.4 Å². The number of carbonyl (C=O) groups is 4. The number of carboxylic acids is 1. The molecule has 0 saturated heterocycles. The van der Waals surface area contributed by atoms with E-state index in [0.717, 1.165) is 0 Å². The molecule has 0 aromatic carbocycles. The van der Waals surface area contributed by atoms with Gasteiger partial charge in [0.15, 0.2) is 6.04 Å². The Labute approximate surface area is 195 Å². The Kier molecular flexibility index (Phi) is 15.2. The fraction of sp³-hybridized carbons (Fsp3) is 0.810. The highest BCUT2D eigenvalue weighted by molar-refractivity contribution is 5.94. The molecule has 0 rings (SSSR count). The average Bonchev–Trinajstić information content (AvgIpc) is 2.74. The predicted octanol–water partition coefficient (Wildman–Crippen LogP) is -1.85. The van der Waals surface area contributed by atoms with Gasteiger partial charge in [-0.05, 0) is 64.5 Å². The fourth-order valence-corrected chi connectivity index (χ4v) is 3.01. The standard InChI is InChI=1S/C21H42N6O6/c1-12(2)16(24)20(31)26-14(8-4-6-10-22)18(29)25-15(9-5-7-11-23)19(30)27-17(13(3)28)21(32)33/h12-17,28H,4-11,22-24H2,1-3H3,(H,25,29)(H,26,31)(H,27,30)(H,32,33). The molecule has 192 valence electrons. The fourth-order valence-electron chi connectivity index (χ4n) is 3.01. The lowest BCUT2D eigenvalue weighted by molar-refractivity contribution is -0.145. The maximum atomic E-state index is 13.0. The minimum Gasteiger partial charge on any atom is -0.480 e. The molecule has 0 aromatic heterocycles. The van der Waals surface area contributed by atoms with Crippen LogP contribution >= 0.6 is 0 Å². The monoisotopic (exact) mass is 474 g/mol. The van der Waals surface area contributed by atoms with Crippen LogP contribution in [0.25, 0.3) is 0 Å². The normalized spacial score (nSPS) is 15.8. The summed E-state index contributed by atoms with van der Waals surface area (Å²) < 4.78 is 0. The lowest BCUT2D eigenvalue weighted by Crippen LogP contribution is -2.58. The van der Waals surface area contributed by atoms with Gasteiger partial charge in [-0.3, -0.25) is 14.4 Å². The van der Waals surface area contributed by atoms with Crippen molar-refractivity contribution in [1.82, 2.24) is 16.0 Å². The molecule has 0 aromatic rings. The quantitative estimate of drug-likeness (QED) is 0.111. The van der Waals surface area contributed by atoms with Crippen molar-refractivity contribution in [2.24, 2.45) is 23.1 Å². The molecule has 0 aliphatic carbocycles. The van der Waals surface area contributed by atoms with Crippen LogP contribution in [0.3, 0.4) is 0 Å². The SMILES string of the molecule is CC(C)C(N)C(=O)NC(CCCCN)C(=O)NC(CCCCN)C(=O)NC(C(=O)O)C(C)O. The number of nitrogens with one attached hydrogen (secondary N) is 3. The maximum absolute atomic E-state index is 13.0. The highest BCUT2D eigenvalue weighted by Crippen LogP contribution is 2.07. The van der Waals surface area contributed by atoms with Crippen LogP contribution in [0, 0.1) is 5.92 Å². The Morgan fingerprint density at radius 2 is 1.18 bits per heavy atom. The van der Waals surface area contributed by atoms with Crippen molar-refractivity contribution in [1.29, 1.82) is 0 Å². The Morgan fingerprint density at radius 3 is 1.55 bits per heavy atom. The smallest absolute Gasteiger partial charge is 0.328 e. The van der Waals surface area contributed by atoms with Crippen LogP contribution in [0.4, 0.5) is 0 Å². The first kappa shape index (κ1) is 30.7. The zero-order valence-electron chi connectivity index (χ0n) is 19.9. The minimum absolute atomic E-state index is 0.138. The molecule has 12 heteroatoms. The summed E-state index contributed by atoms with van der Waals surface area (Å²) in [5, 5.41) is 26.4. The summed E-state index contributed by atoms with van der Waals surface area (Å²) in [4.78, 5) is 49.5. The first-order chi connectivity index (χ1) is 15.5. The Bertz CT molecular complexity index is 630. The lowest BCUT2D eigenvalue weighted by atomic mass is 10.0. The number of hydrogen-bond donors (Lipinski definition) is 8. The third-order valence-electron chi connectivity index (χ3n) is 5.23. The zero-order valence-corrected chi connectivity index (χ0v) is 19.9. The second kappa shape index (κ2) is 16.4. The van der Waals surface area contributed by atoms with E-state index in [0.29, 0.717) is 45.2 Å². The van der Waals surface area contributed by atoms with Gasteiger partial charge in [0, 0.05) is 0 Å². The number of aliphatic carboxylic acids is 1. The van der Waals surface area contributed by atoms with Gasteiger partial charge < -0.3 is 43.4 Å². The van der Waals surface area contributed by atoms with Gasteiger partial charge in [0.25, 0.3) is 0 Å². The first-order valence-electron chi connectivity index (χ1n) is 11.4. The van der Waals surface area contributed by atoms with Crippen LogP contribution in [0.15, 0.2) is 0 Å². The van der Waals surface area contributed by atoms with E-state index in [-0.39, 0.29) is 12.3 Å². The summed E-state index contributed by atoms with van der Waals surface area (Å²) >= 11 is 0. The number of carboxylic acid groups (broad SMARTS) is 1. The van der Waals surface area contributed by atoms with Crippen molar-refractivity contribution in [2.75, 3.05) is 13.1 Å². The topological polar surface area (TPSA) is 223 Å². The molecule has 5 atom stereocenters. The Hall–Kier alpha value is -2.28. The van der Waals surface area contributed by atoms with Crippen molar-refractivity contribution in [3.8, 4) is 0 Å². The van der Waals surface area contributed by atoms with Crippen LogP contribution in [-0.4, -0.2) is 77.3 Å². The highest BCUT2D eigenvalue weighted by atomic mass is 16.4. The molecule has 0 saturated carbocycles. The van der Waals surface area contributed by atoms with Gasteiger partial charge in [-0.1, -0.05) is 13.8 Å². The highest BCUT2D eigenvalue weighted by Gasteiger charge is 2.31. The van der Waals surface area contributed by atoms with Crippen LogP contribution in [0.1, 0.15) is 59.3 Å². The van der Waals surface area contributed by atoms with Crippen LogP contribution in [-0.2, 0) is 19.2 Å². The maximum Gasteiger partial charge on any atom is 0.328 e. The second-order valence-electron chi connectivity index (χ2n) is 8.53. The minimum atomic E-state index is -1.53. The van der Waals surface area contributed by atoms with Gasteiger partial charge in [-0.25, -0.2) is 4.79 Å². The third-order valence-corrected chi connectivity index (χ3v) is 5.23. The molecule has 11 N–H and O–H groups in total. The average molecular weight is 475 g/mol. The number of aliphatic hydroxyl groups excluding tert-OH is 1. The number of unbranched alkanes of at least 4 members (excludes halogenated alkanes) is 2. The van der Waals surface area contributed by atoms with E-state index >= 15 is 0 Å². The molecular formula is C21H42N6O6. The lowest BCUT2D eigenvalue weighted by Gasteiger charge is -2.26. The number of rotatable bonds is 17. The summed E-state index contributed by atoms with van der Waals surface area (Å²) in [5.41, 5.74) is 16.9. The predicted molar refractivity (Wildman–Crippen MR) is 124 cm³/mol. The van der Waals surface area contributed by atoms with Crippen molar-refractivity contribution >= 4 is 23.7 Å². The van der Waals surface area contributed by atoms with Crippen molar-refractivity contribution in [3.63, 3.8) is 0 Å². The van der Waals surface area contributed by atoms with E-state index in [1.54, 1.807) is 13.8 Å². The molecule has 0 radical (unpaired) electrons. The van der Waals surface area contributed by atoms with Gasteiger partial charge >= 0.3 is 5.97 Å². The molecule has 0 fully saturated rings. The largest absolute Gasteiger partial charge is 0.480 e. The van der Waals surface area contributed by atoms with E-state index in [1.807, 2.05) is 0 Å². The Balaban J connectivity index is 5.50. The Morgan fingerprint density at radius 1 is 0.758 bits per heavy atom. The molecule has 0 aliphatic heterocycles. The van der Waals surface area contributed by atoms with Crippen LogP contribution in [0.5, 0.6) is 0 Å². The molecule has 3 amide bonds. The van der Waals surface area contributed by atoms with Gasteiger partial charge in [-0.2, -0.15) is 0 Å². The van der Waals surface area contributed by atoms with Crippen LogP contribution in [0.2, 0.25) is 0 Å². The molecule has 12 nitrogen and oxygen atoms in total. The van der Waals surface area contributed by atoms with E-state index in [1.165, 1.54) is 6.92 Å². The van der Waals surface area contributed by atoms with Crippen molar-refractivity contribution in [2.45, 2.75) is 89.6 Å². The number of hydrogen-bond acceptors (Lipinski definition) is 8. The van der Waals surface area contributed by atoms with Gasteiger partial charge in [0.05, 0.1) is 12.1 Å². The molecular weight excluding hydrogens is 432 g/mol. The zero-order chi connectivity index (χ0) is 25.6. The van der Waals surface area contributed by atoms with E-state index in [4.69, 9.17) is 17.2 Å². The molecule has 0 heterocycles. The van der Waals surface area contributed by atoms with Gasteiger partial charge in [0.1, 0.15) is 12.1 Å². The molecule has 0 aliphatic rings. The van der Waals surface area contributed by atoms with E-state index < -0.39 is 54.0 Å². The van der Waals surface area contributed by atoms with Crippen molar-refractivity contribution in [3.05, 3.63) is 0 Å². The molecule has 0 bridgehead atoms. The summed E-state index contributed by atoms with van der Waals surface area (Å²) in [6, 6.07) is -4.35. The summed E-state index contributed by atoms with van der Waals surface area (Å²) in [5.74, 6) is -3.37. The van der Waals surface area contributed by atoms with Gasteiger partial charge in [0.2, 0.25) is 17.7 Å². The number of carbonyl (C=O) groups excluding carboxylic acids is 3. The van der Waals surface area contributed by atoms with E-state index in [2.05, 4.69) is 16.0 Å². The summed E-state index contributed by atoms with van der Waals surface area (Å²) in [7, 11) is 0. The number of aliphatic hydroxyl groups is 1. The third kappa shape index (κ3) is 11.9. The second-order valence-corrected chi connectivity index (χ2v) is 8.53. The molecule has 33 heavy (non-hydrogen) atoms. The number of amides is 3. The molecule has 0 spiro atoms. The van der Waals surface area contributed by atoms with Crippen LogP contribution < -0.4 is 33.2 Å². The van der Waals surface area contributed by atoms with Crippen molar-refractivity contribution < 1.29 is 29.4 Å².